The van der Waals surface area contributed by atoms with Gasteiger partial charge in [0.2, 0.25) is 0 Å². The summed E-state index contributed by atoms with van der Waals surface area (Å²) in [6, 6.07) is 0. The zero-order valence-electron chi connectivity index (χ0n) is 9.88. The van der Waals surface area contributed by atoms with Crippen molar-refractivity contribution in [1.29, 1.82) is 0 Å². The van der Waals surface area contributed by atoms with E-state index < -0.39 is 0 Å². The molecule has 0 radical (unpaired) electrons. The third-order valence-electron chi connectivity index (χ3n) is 4.46. The average Bonchev–Trinajstić information content (AvgIpc) is 2.30. The molecule has 2 rings (SSSR count). The Balaban J connectivity index is 1.75. The van der Waals surface area contributed by atoms with Gasteiger partial charge in [-0.15, -0.1) is 0 Å². The van der Waals surface area contributed by atoms with Gasteiger partial charge in [-0.3, -0.25) is 0 Å². The molecule has 2 aliphatic rings. The fraction of sp³-hybridized carbons (Fsp3) is 1.00. The van der Waals surface area contributed by atoms with Crippen molar-refractivity contribution in [2.24, 2.45) is 5.41 Å². The molecule has 1 heterocycles. The van der Waals surface area contributed by atoms with Crippen LogP contribution in [0.4, 0.5) is 0 Å². The topological polar surface area (TPSA) is 3.24 Å². The van der Waals surface area contributed by atoms with Gasteiger partial charge in [0.05, 0.1) is 0 Å². The lowest BCUT2D eigenvalue weighted by Gasteiger charge is -2.44. The summed E-state index contributed by atoms with van der Waals surface area (Å²) in [5.41, 5.74) is 0.774. The third kappa shape index (κ3) is 3.13. The van der Waals surface area contributed by atoms with Crippen LogP contribution < -0.4 is 0 Å². The summed E-state index contributed by atoms with van der Waals surface area (Å²) in [5, 5.41) is 0. The molecule has 0 aromatic heterocycles. The van der Waals surface area contributed by atoms with Crippen LogP contribution in [-0.4, -0.2) is 30.3 Å². The van der Waals surface area contributed by atoms with Gasteiger partial charge in [-0.05, 0) is 62.9 Å². The van der Waals surface area contributed by atoms with E-state index in [9.17, 15) is 0 Å². The predicted octanol–water partition coefficient (Wildman–Crippen LogP) is 3.35. The van der Waals surface area contributed by atoms with Gasteiger partial charge in [-0.1, -0.05) is 19.3 Å². The Morgan fingerprint density at radius 2 is 1.60 bits per heavy atom. The second-order valence-electron chi connectivity index (χ2n) is 5.48. The normalized spacial score (nSPS) is 27.0. The molecule has 0 aromatic carbocycles. The number of hydrogen-bond acceptors (Lipinski definition) is 2. The van der Waals surface area contributed by atoms with Gasteiger partial charge in [0.1, 0.15) is 0 Å². The van der Waals surface area contributed by atoms with Crippen molar-refractivity contribution in [3.8, 4) is 0 Å². The quantitative estimate of drug-likeness (QED) is 0.724. The van der Waals surface area contributed by atoms with Crippen LogP contribution >= 0.6 is 12.6 Å². The van der Waals surface area contributed by atoms with Crippen molar-refractivity contribution in [2.45, 2.75) is 51.4 Å². The van der Waals surface area contributed by atoms with Crippen LogP contribution in [0.25, 0.3) is 0 Å². The molecule has 0 amide bonds. The van der Waals surface area contributed by atoms with Crippen molar-refractivity contribution in [3.63, 3.8) is 0 Å². The van der Waals surface area contributed by atoms with E-state index in [-0.39, 0.29) is 0 Å². The first-order valence-electron chi connectivity index (χ1n) is 6.68. The Labute approximate surface area is 100 Å². The minimum Gasteiger partial charge on any atom is -0.303 e. The van der Waals surface area contributed by atoms with Gasteiger partial charge in [0.25, 0.3) is 0 Å². The van der Waals surface area contributed by atoms with Gasteiger partial charge in [-0.25, -0.2) is 0 Å². The smallest absolute Gasteiger partial charge is 0.00110 e. The van der Waals surface area contributed by atoms with E-state index in [2.05, 4.69) is 17.5 Å². The van der Waals surface area contributed by atoms with Gasteiger partial charge in [0, 0.05) is 0 Å². The van der Waals surface area contributed by atoms with Crippen LogP contribution in [0.1, 0.15) is 51.4 Å². The van der Waals surface area contributed by atoms with Crippen molar-refractivity contribution in [3.05, 3.63) is 0 Å². The maximum Gasteiger partial charge on any atom is -0.00110 e. The summed E-state index contributed by atoms with van der Waals surface area (Å²) in [4.78, 5) is 2.65. The first-order chi connectivity index (χ1) is 7.35. The third-order valence-corrected chi connectivity index (χ3v) is 4.78. The van der Waals surface area contributed by atoms with Crippen LogP contribution in [-0.2, 0) is 0 Å². The van der Waals surface area contributed by atoms with E-state index in [1.165, 1.54) is 71.0 Å². The standard InChI is InChI=1S/C13H25NS/c15-12-4-9-14-10-7-13(8-11-14)5-2-1-3-6-13/h15H,1-12H2. The number of likely N-dealkylation sites (tertiary alicyclic amines) is 1. The maximum absolute atomic E-state index is 4.29. The Bertz CT molecular complexity index is 177. The maximum atomic E-state index is 4.29. The lowest BCUT2D eigenvalue weighted by molar-refractivity contribution is 0.0681. The molecule has 88 valence electrons. The summed E-state index contributed by atoms with van der Waals surface area (Å²) >= 11 is 4.29. The largest absolute Gasteiger partial charge is 0.303 e. The van der Waals surface area contributed by atoms with Gasteiger partial charge >= 0.3 is 0 Å². The summed E-state index contributed by atoms with van der Waals surface area (Å²) in [7, 11) is 0. The number of thiol groups is 1. The van der Waals surface area contributed by atoms with Crippen LogP contribution in [0.5, 0.6) is 0 Å². The number of piperidine rings is 1. The zero-order chi connectivity index (χ0) is 10.6. The highest BCUT2D eigenvalue weighted by atomic mass is 32.1. The fourth-order valence-electron chi connectivity index (χ4n) is 3.35. The summed E-state index contributed by atoms with van der Waals surface area (Å²) < 4.78 is 0. The average molecular weight is 227 g/mol. The molecule has 0 aromatic rings. The Morgan fingerprint density at radius 1 is 0.933 bits per heavy atom. The molecule has 1 saturated carbocycles. The molecule has 1 spiro atoms. The van der Waals surface area contributed by atoms with E-state index in [0.717, 1.165) is 11.2 Å². The molecule has 1 saturated heterocycles. The highest BCUT2D eigenvalue weighted by Crippen LogP contribution is 2.44. The molecular formula is C13H25NS. The van der Waals surface area contributed by atoms with Gasteiger partial charge in [0.15, 0.2) is 0 Å². The first kappa shape index (κ1) is 11.8. The molecule has 2 heteroatoms. The van der Waals surface area contributed by atoms with Crippen molar-refractivity contribution < 1.29 is 0 Å². The van der Waals surface area contributed by atoms with Crippen LogP contribution in [0.3, 0.4) is 0 Å². The highest BCUT2D eigenvalue weighted by Gasteiger charge is 2.34. The molecule has 15 heavy (non-hydrogen) atoms. The van der Waals surface area contributed by atoms with Crippen LogP contribution in [0, 0.1) is 5.41 Å². The minimum absolute atomic E-state index is 0.774. The van der Waals surface area contributed by atoms with Crippen molar-refractivity contribution in [2.75, 3.05) is 25.4 Å². The molecule has 1 aliphatic carbocycles. The fourth-order valence-corrected chi connectivity index (χ4v) is 3.49. The van der Waals surface area contributed by atoms with Crippen LogP contribution in [0.15, 0.2) is 0 Å². The number of hydrogen-bond donors (Lipinski definition) is 1. The zero-order valence-corrected chi connectivity index (χ0v) is 10.8. The Morgan fingerprint density at radius 3 is 2.20 bits per heavy atom. The molecule has 0 atom stereocenters. The predicted molar refractivity (Wildman–Crippen MR) is 69.7 cm³/mol. The van der Waals surface area contributed by atoms with Crippen LogP contribution in [0.2, 0.25) is 0 Å². The number of rotatable bonds is 3. The summed E-state index contributed by atoms with van der Waals surface area (Å²) in [6.45, 7) is 3.99. The SMILES string of the molecule is SCCCN1CCC2(CCCCC2)CC1. The van der Waals surface area contributed by atoms with E-state index in [4.69, 9.17) is 0 Å². The van der Waals surface area contributed by atoms with E-state index in [1.54, 1.807) is 0 Å². The summed E-state index contributed by atoms with van der Waals surface area (Å²) in [5.74, 6) is 1.04. The van der Waals surface area contributed by atoms with E-state index >= 15 is 0 Å². The highest BCUT2D eigenvalue weighted by molar-refractivity contribution is 7.80. The molecule has 1 nitrogen and oxygen atoms in total. The molecule has 2 fully saturated rings. The first-order valence-corrected chi connectivity index (χ1v) is 7.31. The van der Waals surface area contributed by atoms with E-state index in [0.29, 0.717) is 0 Å². The number of nitrogens with zero attached hydrogens (tertiary/aromatic N) is 1. The molecule has 1 aliphatic heterocycles. The van der Waals surface area contributed by atoms with Crippen molar-refractivity contribution in [1.82, 2.24) is 4.90 Å². The molecule has 0 bridgehead atoms. The monoisotopic (exact) mass is 227 g/mol. The molecule has 0 unspecified atom stereocenters. The Hall–Kier alpha value is 0.310. The second kappa shape index (κ2) is 5.58. The van der Waals surface area contributed by atoms with Gasteiger partial charge in [-0.2, -0.15) is 12.6 Å². The second-order valence-corrected chi connectivity index (χ2v) is 5.93. The summed E-state index contributed by atoms with van der Waals surface area (Å²) in [6.07, 6.45) is 11.7. The minimum atomic E-state index is 0.774. The molecular weight excluding hydrogens is 202 g/mol. The van der Waals surface area contributed by atoms with Gasteiger partial charge < -0.3 is 4.90 Å². The van der Waals surface area contributed by atoms with E-state index in [1.807, 2.05) is 0 Å². The van der Waals surface area contributed by atoms with Crippen molar-refractivity contribution >= 4 is 12.6 Å². The Kier molecular flexibility index (Phi) is 4.39. The molecule has 0 N–H and O–H groups in total. The lowest BCUT2D eigenvalue weighted by Crippen LogP contribution is -2.41. The lowest BCUT2D eigenvalue weighted by atomic mass is 9.68.